The summed E-state index contributed by atoms with van der Waals surface area (Å²) < 4.78 is 0.855. The molecule has 0 aromatic heterocycles. The number of carbonyl (C=O) groups is 1. The van der Waals surface area contributed by atoms with E-state index in [1.807, 2.05) is 19.1 Å². The van der Waals surface area contributed by atoms with Crippen molar-refractivity contribution in [2.45, 2.75) is 18.6 Å². The van der Waals surface area contributed by atoms with Crippen LogP contribution < -0.4 is 4.90 Å². The number of rotatable bonds is 1. The van der Waals surface area contributed by atoms with Crippen molar-refractivity contribution in [3.8, 4) is 0 Å². The minimum atomic E-state index is 0.0754. The van der Waals surface area contributed by atoms with E-state index < -0.39 is 0 Å². The lowest BCUT2D eigenvalue weighted by Gasteiger charge is -2.19. The molecule has 1 aromatic rings. The van der Waals surface area contributed by atoms with Gasteiger partial charge in [-0.3, -0.25) is 4.79 Å². The molecule has 2 rings (SSSR count). The Hall–Kier alpha value is -0.190. The first kappa shape index (κ1) is 12.3. The van der Waals surface area contributed by atoms with Crippen molar-refractivity contribution in [3.05, 3.63) is 27.2 Å². The Morgan fingerprint density at radius 3 is 2.75 bits per heavy atom. The molecule has 16 heavy (non-hydrogen) atoms. The molecule has 1 unspecified atom stereocenters. The molecule has 1 saturated heterocycles. The van der Waals surface area contributed by atoms with E-state index >= 15 is 0 Å². The Bertz CT molecular complexity index is 429. The van der Waals surface area contributed by atoms with Crippen molar-refractivity contribution in [1.82, 2.24) is 0 Å². The van der Waals surface area contributed by atoms with Crippen LogP contribution in [0.15, 0.2) is 16.6 Å². The molecule has 0 aliphatic carbocycles. The van der Waals surface area contributed by atoms with Gasteiger partial charge in [0.1, 0.15) is 0 Å². The zero-order valence-corrected chi connectivity index (χ0v) is 11.9. The molecule has 0 saturated carbocycles. The summed E-state index contributed by atoms with van der Waals surface area (Å²) in [5.74, 6) is 0.0754. The molecule has 0 N–H and O–H groups in total. The van der Waals surface area contributed by atoms with Gasteiger partial charge in [-0.1, -0.05) is 11.6 Å². The molecule has 1 fully saturated rings. The van der Waals surface area contributed by atoms with E-state index in [2.05, 4.69) is 28.6 Å². The minimum Gasteiger partial charge on any atom is -0.309 e. The lowest BCUT2D eigenvalue weighted by atomic mass is 10.2. The van der Waals surface area contributed by atoms with E-state index in [-0.39, 0.29) is 11.2 Å². The first-order valence-electron chi connectivity index (χ1n) is 4.93. The third-order valence-electron chi connectivity index (χ3n) is 2.54. The largest absolute Gasteiger partial charge is 0.309 e. The van der Waals surface area contributed by atoms with Crippen LogP contribution in [0, 0.1) is 6.92 Å². The van der Waals surface area contributed by atoms with Gasteiger partial charge in [0.25, 0.3) is 0 Å². The zero-order valence-electron chi connectivity index (χ0n) is 8.70. The SMILES string of the molecule is Cc1cc(Cl)c(N2CC(S)CC2=O)c(Br)c1. The fraction of sp³-hybridized carbons (Fsp3) is 0.364. The van der Waals surface area contributed by atoms with Gasteiger partial charge in [0.05, 0.1) is 10.7 Å². The lowest BCUT2D eigenvalue weighted by Crippen LogP contribution is -2.25. The van der Waals surface area contributed by atoms with Crippen LogP contribution in [0.25, 0.3) is 0 Å². The van der Waals surface area contributed by atoms with E-state index in [0.29, 0.717) is 18.0 Å². The van der Waals surface area contributed by atoms with Crippen molar-refractivity contribution in [2.75, 3.05) is 11.4 Å². The number of hydrogen-bond donors (Lipinski definition) is 1. The van der Waals surface area contributed by atoms with E-state index in [0.717, 1.165) is 15.7 Å². The Labute approximate surface area is 113 Å². The molecular weight excluding hydrogens is 310 g/mol. The van der Waals surface area contributed by atoms with Gasteiger partial charge >= 0.3 is 0 Å². The number of amides is 1. The molecule has 1 aromatic carbocycles. The van der Waals surface area contributed by atoms with Gasteiger partial charge in [0.15, 0.2) is 0 Å². The molecule has 2 nitrogen and oxygen atoms in total. The molecule has 1 amide bonds. The molecule has 0 spiro atoms. The fourth-order valence-electron chi connectivity index (χ4n) is 1.85. The van der Waals surface area contributed by atoms with Gasteiger partial charge in [0.2, 0.25) is 5.91 Å². The van der Waals surface area contributed by atoms with Crippen molar-refractivity contribution < 1.29 is 4.79 Å². The number of nitrogens with zero attached hydrogens (tertiary/aromatic N) is 1. The maximum atomic E-state index is 11.8. The Morgan fingerprint density at radius 1 is 1.56 bits per heavy atom. The van der Waals surface area contributed by atoms with Gasteiger partial charge in [-0.15, -0.1) is 0 Å². The van der Waals surface area contributed by atoms with Crippen LogP contribution in [0.1, 0.15) is 12.0 Å². The van der Waals surface area contributed by atoms with Crippen LogP contribution in [0.5, 0.6) is 0 Å². The predicted octanol–water partition coefficient (Wildman–Crippen LogP) is 3.45. The summed E-state index contributed by atoms with van der Waals surface area (Å²) in [5, 5.41) is 0.694. The molecule has 1 aliphatic rings. The number of thiol groups is 1. The van der Waals surface area contributed by atoms with Gasteiger partial charge < -0.3 is 4.90 Å². The second kappa shape index (κ2) is 4.59. The summed E-state index contributed by atoms with van der Waals surface area (Å²) >= 11 is 14.0. The average molecular weight is 321 g/mol. The van der Waals surface area contributed by atoms with Gasteiger partial charge in [-0.05, 0) is 40.5 Å². The number of anilines is 1. The second-order valence-corrected chi connectivity index (χ2v) is 5.93. The first-order chi connectivity index (χ1) is 7.49. The molecule has 86 valence electrons. The summed E-state index contributed by atoms with van der Waals surface area (Å²) in [5.41, 5.74) is 1.82. The standard InChI is InChI=1S/C11H11BrClNOS/c1-6-2-8(12)11(9(13)3-6)14-5-7(16)4-10(14)15/h2-3,7,16H,4-5H2,1H3. The molecular formula is C11H11BrClNOS. The maximum Gasteiger partial charge on any atom is 0.228 e. The molecule has 0 radical (unpaired) electrons. The van der Waals surface area contributed by atoms with Crippen LogP contribution in [-0.4, -0.2) is 17.7 Å². The van der Waals surface area contributed by atoms with Crippen molar-refractivity contribution in [3.63, 3.8) is 0 Å². The molecule has 0 bridgehead atoms. The highest BCUT2D eigenvalue weighted by Gasteiger charge is 2.30. The fourth-order valence-corrected chi connectivity index (χ4v) is 3.45. The molecule has 1 atom stereocenters. The molecule has 1 heterocycles. The van der Waals surface area contributed by atoms with E-state index in [1.165, 1.54) is 0 Å². The summed E-state index contributed by atoms with van der Waals surface area (Å²) in [6.07, 6.45) is 0.472. The quantitative estimate of drug-likeness (QED) is 0.786. The van der Waals surface area contributed by atoms with Gasteiger partial charge in [0, 0.05) is 22.7 Å². The van der Waals surface area contributed by atoms with E-state index in [1.54, 1.807) is 4.90 Å². The Balaban J connectivity index is 2.44. The topological polar surface area (TPSA) is 20.3 Å². The smallest absolute Gasteiger partial charge is 0.228 e. The van der Waals surface area contributed by atoms with E-state index in [9.17, 15) is 4.79 Å². The third-order valence-corrected chi connectivity index (χ3v) is 3.77. The highest BCUT2D eigenvalue weighted by atomic mass is 79.9. The Kier molecular flexibility index (Phi) is 3.52. The van der Waals surface area contributed by atoms with Gasteiger partial charge in [-0.2, -0.15) is 12.6 Å². The van der Waals surface area contributed by atoms with Gasteiger partial charge in [-0.25, -0.2) is 0 Å². The summed E-state index contributed by atoms with van der Waals surface area (Å²) in [7, 11) is 0. The summed E-state index contributed by atoms with van der Waals surface area (Å²) in [6, 6.07) is 3.82. The first-order valence-corrected chi connectivity index (χ1v) is 6.62. The minimum absolute atomic E-state index is 0.0754. The van der Waals surface area contributed by atoms with Crippen LogP contribution in [0.4, 0.5) is 5.69 Å². The highest BCUT2D eigenvalue weighted by Crippen LogP contribution is 2.37. The number of halogens is 2. The average Bonchev–Trinajstić information content (AvgIpc) is 2.43. The van der Waals surface area contributed by atoms with E-state index in [4.69, 9.17) is 11.6 Å². The zero-order chi connectivity index (χ0) is 11.9. The van der Waals surface area contributed by atoms with Crippen molar-refractivity contribution in [2.24, 2.45) is 0 Å². The van der Waals surface area contributed by atoms with Crippen LogP contribution >= 0.6 is 40.2 Å². The second-order valence-electron chi connectivity index (χ2n) is 3.94. The maximum absolute atomic E-state index is 11.8. The molecule has 5 heteroatoms. The van der Waals surface area contributed by atoms with Crippen molar-refractivity contribution >= 4 is 51.8 Å². The highest BCUT2D eigenvalue weighted by molar-refractivity contribution is 9.10. The monoisotopic (exact) mass is 319 g/mol. The molecule has 1 aliphatic heterocycles. The van der Waals surface area contributed by atoms with Crippen molar-refractivity contribution in [1.29, 1.82) is 0 Å². The lowest BCUT2D eigenvalue weighted by molar-refractivity contribution is -0.117. The number of hydrogen-bond acceptors (Lipinski definition) is 2. The third kappa shape index (κ3) is 2.24. The van der Waals surface area contributed by atoms with Crippen LogP contribution in [0.2, 0.25) is 5.02 Å². The normalized spacial score (nSPS) is 20.6. The van der Waals surface area contributed by atoms with Crippen LogP contribution in [0.3, 0.4) is 0 Å². The number of carbonyl (C=O) groups excluding carboxylic acids is 1. The van der Waals surface area contributed by atoms with Crippen LogP contribution in [-0.2, 0) is 4.79 Å². The number of benzene rings is 1. The Morgan fingerprint density at radius 2 is 2.25 bits per heavy atom. The summed E-state index contributed by atoms with van der Waals surface area (Å²) in [6.45, 7) is 2.58. The summed E-state index contributed by atoms with van der Waals surface area (Å²) in [4.78, 5) is 13.5. The predicted molar refractivity (Wildman–Crippen MR) is 73.6 cm³/mol. The number of aryl methyl sites for hydroxylation is 1.